The van der Waals surface area contributed by atoms with E-state index in [1.54, 1.807) is 0 Å². The molecule has 64 valence electrons. The third kappa shape index (κ3) is 3.06. The van der Waals surface area contributed by atoms with E-state index < -0.39 is 20.7 Å². The van der Waals surface area contributed by atoms with Gasteiger partial charge in [0.25, 0.3) is 0 Å². The fourth-order valence-electron chi connectivity index (χ4n) is 0.197. The smallest absolute Gasteiger partial charge is 0.258 e. The summed E-state index contributed by atoms with van der Waals surface area (Å²) in [5.41, 5.74) is 0. The summed E-state index contributed by atoms with van der Waals surface area (Å²) in [6.45, 7) is 0. The van der Waals surface area contributed by atoms with E-state index in [2.05, 4.69) is 27.5 Å². The van der Waals surface area contributed by atoms with Gasteiger partial charge in [0.05, 0.1) is 4.92 Å². The van der Waals surface area contributed by atoms with Crippen molar-refractivity contribution in [2.24, 2.45) is 0 Å². The summed E-state index contributed by atoms with van der Waals surface area (Å²) in [5, 5.41) is 7.93. The predicted octanol–water partition coefficient (Wildman–Crippen LogP) is 2.63. The van der Waals surface area contributed by atoms with Gasteiger partial charge in [0.15, 0.2) is 0 Å². The molecule has 0 unspecified atom stereocenters. The summed E-state index contributed by atoms with van der Waals surface area (Å²) in [7, 11) is 0. The van der Waals surface area contributed by atoms with E-state index in [9.17, 15) is 23.3 Å². The third-order valence-electron chi connectivity index (χ3n) is 0.590. The van der Waals surface area contributed by atoms with E-state index in [0.717, 1.165) is 0 Å². The first kappa shape index (κ1) is 10.7. The molecular formula is C3BrClF3NO2. The van der Waals surface area contributed by atoms with Crippen LogP contribution in [0.2, 0.25) is 0 Å². The average Bonchev–Trinajstić information content (AvgIpc) is 1.82. The molecule has 0 aliphatic carbocycles. The van der Waals surface area contributed by atoms with Crippen LogP contribution in [0.15, 0.2) is 9.64 Å². The van der Waals surface area contributed by atoms with E-state index in [4.69, 9.17) is 0 Å². The van der Waals surface area contributed by atoms with Gasteiger partial charge >= 0.3 is 10.8 Å². The monoisotopic (exact) mass is 253 g/mol. The van der Waals surface area contributed by atoms with Crippen LogP contribution in [0.4, 0.5) is 13.2 Å². The van der Waals surface area contributed by atoms with E-state index in [-0.39, 0.29) is 0 Å². The quantitative estimate of drug-likeness (QED) is 0.410. The van der Waals surface area contributed by atoms with Crippen LogP contribution >= 0.6 is 27.5 Å². The minimum atomic E-state index is -4.88. The van der Waals surface area contributed by atoms with E-state index in [0.29, 0.717) is 0 Å². The molecule has 0 aromatic rings. The second kappa shape index (κ2) is 3.40. The number of rotatable bonds is 1. The normalized spacial score (nSPS) is 14.3. The summed E-state index contributed by atoms with van der Waals surface area (Å²) in [5.74, 6) is 0. The van der Waals surface area contributed by atoms with Gasteiger partial charge in [0.1, 0.15) is 0 Å². The Morgan fingerprint density at radius 2 is 1.91 bits per heavy atom. The summed E-state index contributed by atoms with van der Waals surface area (Å²) in [4.78, 5) is 8.44. The number of allylic oxidation sites excluding steroid dienone is 1. The van der Waals surface area contributed by atoms with Crippen LogP contribution in [0.1, 0.15) is 0 Å². The van der Waals surface area contributed by atoms with E-state index >= 15 is 0 Å². The zero-order valence-corrected chi connectivity index (χ0v) is 7.00. The SMILES string of the molecule is O=[N+]([O-])C(Br)=C(Cl)C(F)(F)F. The molecule has 0 amide bonds. The highest BCUT2D eigenvalue weighted by atomic mass is 79.9. The van der Waals surface area contributed by atoms with Gasteiger partial charge in [-0.25, -0.2) is 0 Å². The van der Waals surface area contributed by atoms with Crippen molar-refractivity contribution in [1.82, 2.24) is 0 Å². The number of alkyl halides is 3. The van der Waals surface area contributed by atoms with Crippen molar-refractivity contribution in [2.45, 2.75) is 6.18 Å². The first-order valence-corrected chi connectivity index (χ1v) is 3.20. The molecule has 11 heavy (non-hydrogen) atoms. The molecule has 0 aliphatic rings. The van der Waals surface area contributed by atoms with Gasteiger partial charge in [-0.05, 0) is 0 Å². The number of hydrogen-bond donors (Lipinski definition) is 0. The van der Waals surface area contributed by atoms with Gasteiger partial charge in [-0.15, -0.1) is 0 Å². The van der Waals surface area contributed by atoms with Gasteiger partial charge in [0, 0.05) is 15.9 Å². The fourth-order valence-corrected chi connectivity index (χ4v) is 0.491. The molecule has 3 nitrogen and oxygen atoms in total. The standard InChI is InChI=1S/C3BrClF3NO2/c4-2(9(10)11)1(5)3(6,7)8. The molecule has 0 rings (SSSR count). The highest BCUT2D eigenvalue weighted by molar-refractivity contribution is 9.11. The molecule has 0 atom stereocenters. The molecule has 0 aromatic carbocycles. The summed E-state index contributed by atoms with van der Waals surface area (Å²) in [6, 6.07) is 0. The summed E-state index contributed by atoms with van der Waals surface area (Å²) >= 11 is 6.64. The van der Waals surface area contributed by atoms with Crippen LogP contribution in [0.5, 0.6) is 0 Å². The Balaban J connectivity index is 4.82. The Morgan fingerprint density at radius 3 is 2.00 bits per heavy atom. The highest BCUT2D eigenvalue weighted by Crippen LogP contribution is 2.33. The van der Waals surface area contributed by atoms with Crippen LogP contribution < -0.4 is 0 Å². The average molecular weight is 254 g/mol. The minimum absolute atomic E-state index is 1.27. The number of nitrogens with zero attached hydrogens (tertiary/aromatic N) is 1. The zero-order chi connectivity index (χ0) is 9.23. The van der Waals surface area contributed by atoms with Crippen molar-refractivity contribution in [3.63, 3.8) is 0 Å². The van der Waals surface area contributed by atoms with Crippen molar-refractivity contribution in [1.29, 1.82) is 0 Å². The van der Waals surface area contributed by atoms with E-state index in [1.807, 2.05) is 0 Å². The first-order chi connectivity index (χ1) is 4.76. The summed E-state index contributed by atoms with van der Waals surface area (Å²) in [6.07, 6.45) is -4.88. The van der Waals surface area contributed by atoms with Gasteiger partial charge in [-0.3, -0.25) is 10.1 Å². The Labute approximate surface area is 72.1 Å². The second-order valence-corrected chi connectivity index (χ2v) is 2.49. The van der Waals surface area contributed by atoms with Crippen molar-refractivity contribution in [2.75, 3.05) is 0 Å². The minimum Gasteiger partial charge on any atom is -0.258 e. The lowest BCUT2D eigenvalue weighted by atomic mass is 10.6. The molecule has 0 N–H and O–H groups in total. The highest BCUT2D eigenvalue weighted by Gasteiger charge is 2.39. The Bertz CT molecular complexity index is 213. The number of nitro groups is 1. The molecule has 0 aromatic heterocycles. The van der Waals surface area contributed by atoms with Crippen LogP contribution in [0, 0.1) is 10.1 Å². The molecule has 0 bridgehead atoms. The van der Waals surface area contributed by atoms with Gasteiger partial charge in [0.2, 0.25) is 5.03 Å². The maximum absolute atomic E-state index is 11.5. The van der Waals surface area contributed by atoms with Gasteiger partial charge in [-0.2, -0.15) is 13.2 Å². The van der Waals surface area contributed by atoms with Gasteiger partial charge in [-0.1, -0.05) is 11.6 Å². The van der Waals surface area contributed by atoms with Crippen molar-refractivity contribution in [3.8, 4) is 0 Å². The van der Waals surface area contributed by atoms with Crippen LogP contribution in [0.25, 0.3) is 0 Å². The first-order valence-electron chi connectivity index (χ1n) is 2.03. The molecule has 0 aliphatic heterocycles. The van der Waals surface area contributed by atoms with Gasteiger partial charge < -0.3 is 0 Å². The molecule has 0 spiro atoms. The van der Waals surface area contributed by atoms with E-state index in [1.165, 1.54) is 0 Å². The second-order valence-electron chi connectivity index (χ2n) is 1.36. The summed E-state index contributed by atoms with van der Waals surface area (Å²) < 4.78 is 33.3. The Hall–Kier alpha value is -0.300. The van der Waals surface area contributed by atoms with Crippen molar-refractivity contribution < 1.29 is 18.1 Å². The molecule has 0 heterocycles. The van der Waals surface area contributed by atoms with Crippen molar-refractivity contribution >= 4 is 27.5 Å². The third-order valence-corrected chi connectivity index (χ3v) is 1.90. The van der Waals surface area contributed by atoms with Crippen molar-refractivity contribution in [3.05, 3.63) is 19.8 Å². The maximum Gasteiger partial charge on any atom is 0.434 e. The Morgan fingerprint density at radius 1 is 1.55 bits per heavy atom. The lowest BCUT2D eigenvalue weighted by Crippen LogP contribution is -2.11. The number of hydrogen-bond acceptors (Lipinski definition) is 2. The maximum atomic E-state index is 11.5. The van der Waals surface area contributed by atoms with Crippen LogP contribution in [-0.2, 0) is 0 Å². The molecule has 0 radical (unpaired) electrons. The molecule has 0 saturated carbocycles. The lowest BCUT2D eigenvalue weighted by Gasteiger charge is -2.01. The molecule has 0 fully saturated rings. The Kier molecular flexibility index (Phi) is 3.30. The number of halogens is 5. The lowest BCUT2D eigenvalue weighted by molar-refractivity contribution is -0.411. The molecule has 0 saturated heterocycles. The topological polar surface area (TPSA) is 43.1 Å². The van der Waals surface area contributed by atoms with Crippen LogP contribution in [0.3, 0.4) is 0 Å². The van der Waals surface area contributed by atoms with Crippen LogP contribution in [-0.4, -0.2) is 11.1 Å². The molecular weight excluding hydrogens is 254 g/mol. The fraction of sp³-hybridized carbons (Fsp3) is 0.333. The largest absolute Gasteiger partial charge is 0.434 e. The zero-order valence-electron chi connectivity index (χ0n) is 4.65. The molecule has 8 heteroatoms. The predicted molar refractivity (Wildman–Crippen MR) is 34.9 cm³/mol.